The predicted molar refractivity (Wildman–Crippen MR) is 88.5 cm³/mol. The molecule has 0 unspecified atom stereocenters. The van der Waals surface area contributed by atoms with Crippen LogP contribution in [0.3, 0.4) is 0 Å². The van der Waals surface area contributed by atoms with E-state index in [0.29, 0.717) is 21.0 Å². The summed E-state index contributed by atoms with van der Waals surface area (Å²) >= 11 is 1.31. The zero-order chi connectivity index (χ0) is 15.9. The largest absolute Gasteiger partial charge is 0.348 e. The standard InChI is InChI=1S/C16H21N3O2S/c1-9-6-4-5-7-11(9)18-14(20)13-10(2)12-15(22-13)17-8-19(3)16(12)21/h8-9,11H,4-7H2,1-3H3,(H,18,20)/t9-,11-/m0/s1. The van der Waals surface area contributed by atoms with Gasteiger partial charge in [0, 0.05) is 13.1 Å². The van der Waals surface area contributed by atoms with Crippen LogP contribution in [0.4, 0.5) is 0 Å². The molecule has 118 valence electrons. The minimum atomic E-state index is -0.0937. The Kier molecular flexibility index (Phi) is 4.04. The number of nitrogens with zero attached hydrogens (tertiary/aromatic N) is 2. The highest BCUT2D eigenvalue weighted by molar-refractivity contribution is 7.20. The SMILES string of the molecule is Cc1c(C(=O)N[C@H]2CCCC[C@@H]2C)sc2ncn(C)c(=O)c12. The van der Waals surface area contributed by atoms with Crippen LogP contribution in [-0.4, -0.2) is 21.5 Å². The maximum Gasteiger partial charge on any atom is 0.262 e. The van der Waals surface area contributed by atoms with E-state index in [-0.39, 0.29) is 17.5 Å². The van der Waals surface area contributed by atoms with Crippen molar-refractivity contribution in [3.05, 3.63) is 27.1 Å². The molecular weight excluding hydrogens is 298 g/mol. The van der Waals surface area contributed by atoms with Crippen LogP contribution in [0.25, 0.3) is 10.2 Å². The van der Waals surface area contributed by atoms with Crippen molar-refractivity contribution in [1.82, 2.24) is 14.9 Å². The molecule has 0 saturated heterocycles. The van der Waals surface area contributed by atoms with Crippen molar-refractivity contribution < 1.29 is 4.79 Å². The van der Waals surface area contributed by atoms with Crippen LogP contribution in [0.5, 0.6) is 0 Å². The third-order valence-corrected chi connectivity index (χ3v) is 5.84. The number of fused-ring (bicyclic) bond motifs is 1. The van der Waals surface area contributed by atoms with Gasteiger partial charge in [-0.15, -0.1) is 11.3 Å². The minimum absolute atomic E-state index is 0.0682. The second kappa shape index (κ2) is 5.83. The molecule has 0 aliphatic heterocycles. The lowest BCUT2D eigenvalue weighted by Gasteiger charge is -2.29. The van der Waals surface area contributed by atoms with E-state index in [9.17, 15) is 9.59 Å². The van der Waals surface area contributed by atoms with E-state index in [1.165, 1.54) is 41.5 Å². The molecule has 1 N–H and O–H groups in total. The molecule has 22 heavy (non-hydrogen) atoms. The first-order valence-corrected chi connectivity index (χ1v) is 8.56. The molecule has 1 aliphatic rings. The molecule has 1 saturated carbocycles. The molecule has 3 rings (SSSR count). The molecule has 5 nitrogen and oxygen atoms in total. The van der Waals surface area contributed by atoms with Gasteiger partial charge in [0.05, 0.1) is 16.6 Å². The summed E-state index contributed by atoms with van der Waals surface area (Å²) in [5, 5.41) is 3.72. The van der Waals surface area contributed by atoms with Crippen LogP contribution in [-0.2, 0) is 7.05 Å². The van der Waals surface area contributed by atoms with Gasteiger partial charge in [-0.05, 0) is 31.2 Å². The fraction of sp³-hybridized carbons (Fsp3) is 0.562. The van der Waals surface area contributed by atoms with Crippen LogP contribution in [0.15, 0.2) is 11.1 Å². The summed E-state index contributed by atoms with van der Waals surface area (Å²) < 4.78 is 1.45. The average Bonchev–Trinajstić information content (AvgIpc) is 2.83. The normalized spacial score (nSPS) is 22.0. The molecule has 1 fully saturated rings. The van der Waals surface area contributed by atoms with Crippen LogP contribution in [0.2, 0.25) is 0 Å². The van der Waals surface area contributed by atoms with Gasteiger partial charge in [-0.1, -0.05) is 19.8 Å². The first-order chi connectivity index (χ1) is 10.5. The van der Waals surface area contributed by atoms with E-state index in [0.717, 1.165) is 12.0 Å². The Balaban J connectivity index is 1.93. The quantitative estimate of drug-likeness (QED) is 0.925. The molecule has 2 heterocycles. The highest BCUT2D eigenvalue weighted by Crippen LogP contribution is 2.28. The molecule has 6 heteroatoms. The number of aryl methyl sites for hydroxylation is 2. The molecule has 2 aromatic heterocycles. The lowest BCUT2D eigenvalue weighted by molar-refractivity contribution is 0.0914. The predicted octanol–water partition coefficient (Wildman–Crippen LogP) is 2.61. The third-order valence-electron chi connectivity index (χ3n) is 4.64. The first kappa shape index (κ1) is 15.2. The highest BCUT2D eigenvalue weighted by Gasteiger charge is 2.25. The highest BCUT2D eigenvalue weighted by atomic mass is 32.1. The van der Waals surface area contributed by atoms with Crippen molar-refractivity contribution in [3.8, 4) is 0 Å². The van der Waals surface area contributed by atoms with E-state index in [4.69, 9.17) is 0 Å². The minimum Gasteiger partial charge on any atom is -0.348 e. The Morgan fingerprint density at radius 2 is 2.14 bits per heavy atom. The fourth-order valence-electron chi connectivity index (χ4n) is 3.19. The van der Waals surface area contributed by atoms with Gasteiger partial charge in [0.2, 0.25) is 0 Å². The Labute approximate surface area is 133 Å². The van der Waals surface area contributed by atoms with Gasteiger partial charge >= 0.3 is 0 Å². The Morgan fingerprint density at radius 1 is 1.41 bits per heavy atom. The van der Waals surface area contributed by atoms with Gasteiger partial charge in [-0.2, -0.15) is 0 Å². The topological polar surface area (TPSA) is 64.0 Å². The number of rotatable bonds is 2. The molecular formula is C16H21N3O2S. The first-order valence-electron chi connectivity index (χ1n) is 7.74. The zero-order valence-corrected chi connectivity index (χ0v) is 14.0. The summed E-state index contributed by atoms with van der Waals surface area (Å²) in [5.74, 6) is 0.444. The van der Waals surface area contributed by atoms with Crippen molar-refractivity contribution in [1.29, 1.82) is 0 Å². The van der Waals surface area contributed by atoms with Crippen LogP contribution >= 0.6 is 11.3 Å². The molecule has 0 spiro atoms. The number of nitrogens with one attached hydrogen (secondary N) is 1. The van der Waals surface area contributed by atoms with Gasteiger partial charge in [0.1, 0.15) is 4.83 Å². The molecule has 1 aliphatic carbocycles. The molecule has 0 bridgehead atoms. The lowest BCUT2D eigenvalue weighted by Crippen LogP contribution is -2.41. The van der Waals surface area contributed by atoms with Crippen molar-refractivity contribution >= 4 is 27.5 Å². The summed E-state index contributed by atoms with van der Waals surface area (Å²) in [6.45, 7) is 4.03. The second-order valence-electron chi connectivity index (χ2n) is 6.24. The number of hydrogen-bond acceptors (Lipinski definition) is 4. The number of carbonyl (C=O) groups is 1. The maximum absolute atomic E-state index is 12.6. The van der Waals surface area contributed by atoms with Gasteiger partial charge < -0.3 is 9.88 Å². The smallest absolute Gasteiger partial charge is 0.262 e. The molecule has 0 aromatic carbocycles. The Bertz CT molecular complexity index is 778. The van der Waals surface area contributed by atoms with Crippen molar-refractivity contribution in [2.75, 3.05) is 0 Å². The van der Waals surface area contributed by atoms with Crippen molar-refractivity contribution in [3.63, 3.8) is 0 Å². The molecule has 2 atom stereocenters. The number of thiophene rings is 1. The van der Waals surface area contributed by atoms with Crippen LogP contribution in [0, 0.1) is 12.8 Å². The van der Waals surface area contributed by atoms with Gasteiger partial charge in [0.15, 0.2) is 0 Å². The van der Waals surface area contributed by atoms with Crippen LogP contribution < -0.4 is 10.9 Å². The molecule has 0 radical (unpaired) electrons. The number of hydrogen-bond donors (Lipinski definition) is 1. The van der Waals surface area contributed by atoms with Crippen molar-refractivity contribution in [2.45, 2.75) is 45.6 Å². The Morgan fingerprint density at radius 3 is 2.86 bits per heavy atom. The molecule has 1 amide bonds. The maximum atomic E-state index is 12.6. The van der Waals surface area contributed by atoms with Crippen molar-refractivity contribution in [2.24, 2.45) is 13.0 Å². The van der Waals surface area contributed by atoms with Gasteiger partial charge in [-0.3, -0.25) is 9.59 Å². The van der Waals surface area contributed by atoms with E-state index in [1.807, 2.05) is 6.92 Å². The summed E-state index contributed by atoms with van der Waals surface area (Å²) in [4.78, 5) is 30.4. The lowest BCUT2D eigenvalue weighted by atomic mass is 9.86. The second-order valence-corrected chi connectivity index (χ2v) is 7.24. The number of amides is 1. The zero-order valence-electron chi connectivity index (χ0n) is 13.2. The van der Waals surface area contributed by atoms with E-state index in [1.54, 1.807) is 7.05 Å². The number of carbonyl (C=O) groups excluding carboxylic acids is 1. The monoisotopic (exact) mass is 319 g/mol. The fourth-order valence-corrected chi connectivity index (χ4v) is 4.23. The average molecular weight is 319 g/mol. The van der Waals surface area contributed by atoms with E-state index in [2.05, 4.69) is 17.2 Å². The summed E-state index contributed by atoms with van der Waals surface area (Å²) in [6.07, 6.45) is 6.12. The summed E-state index contributed by atoms with van der Waals surface area (Å²) in [5.41, 5.74) is 0.651. The third kappa shape index (κ3) is 2.56. The van der Waals surface area contributed by atoms with E-state index >= 15 is 0 Å². The summed E-state index contributed by atoms with van der Waals surface area (Å²) in [7, 11) is 1.68. The van der Waals surface area contributed by atoms with Gasteiger partial charge in [0.25, 0.3) is 11.5 Å². The Hall–Kier alpha value is -1.69. The number of aromatic nitrogens is 2. The summed E-state index contributed by atoms with van der Waals surface area (Å²) in [6, 6.07) is 0.238. The van der Waals surface area contributed by atoms with Gasteiger partial charge in [-0.25, -0.2) is 4.98 Å². The molecule has 2 aromatic rings. The van der Waals surface area contributed by atoms with Crippen LogP contribution in [0.1, 0.15) is 47.8 Å². The van der Waals surface area contributed by atoms with E-state index < -0.39 is 0 Å².